The van der Waals surface area contributed by atoms with Gasteiger partial charge >= 0.3 is 5.92 Å². The average Bonchev–Trinajstić information content (AvgIpc) is 2.68. The molecule has 3 rings (SSSR count). The third-order valence-corrected chi connectivity index (χ3v) is 4.34. The van der Waals surface area contributed by atoms with E-state index in [0.717, 1.165) is 5.56 Å². The van der Waals surface area contributed by atoms with E-state index in [4.69, 9.17) is 10.5 Å². The number of amidine groups is 1. The van der Waals surface area contributed by atoms with Gasteiger partial charge in [0.05, 0.1) is 0 Å². The van der Waals surface area contributed by atoms with Gasteiger partial charge in [0.2, 0.25) is 5.01 Å². The maximum absolute atomic E-state index is 14.5. The Morgan fingerprint density at radius 3 is 2.89 bits per heavy atom. The Morgan fingerprint density at radius 1 is 1.39 bits per heavy atom. The summed E-state index contributed by atoms with van der Waals surface area (Å²) in [6, 6.07) is 6.93. The molecule has 18 heavy (non-hydrogen) atoms. The fourth-order valence-corrected chi connectivity index (χ4v) is 3.28. The molecule has 0 bridgehead atoms. The highest BCUT2D eigenvalue weighted by Crippen LogP contribution is 2.54. The van der Waals surface area contributed by atoms with Crippen molar-refractivity contribution >= 4 is 22.0 Å². The molecular formula is C12H11BrF2N2O. The molecule has 1 aromatic carbocycles. The molecule has 6 heteroatoms. The number of aryl methyl sites for hydroxylation is 1. The van der Waals surface area contributed by atoms with Crippen molar-refractivity contribution in [3.05, 3.63) is 35.4 Å². The molecule has 3 nitrogen and oxygen atoms in total. The number of rotatable bonds is 0. The molecule has 0 aromatic heterocycles. The number of aliphatic imine (C=N–C) groups is 1. The van der Waals surface area contributed by atoms with E-state index in [0.29, 0.717) is 12.0 Å². The van der Waals surface area contributed by atoms with Gasteiger partial charge in [-0.2, -0.15) is 8.78 Å². The van der Waals surface area contributed by atoms with E-state index < -0.39 is 16.5 Å². The quantitative estimate of drug-likeness (QED) is 0.748. The molecule has 1 aliphatic heterocycles. The van der Waals surface area contributed by atoms with Gasteiger partial charge in [0.25, 0.3) is 6.02 Å². The van der Waals surface area contributed by atoms with Crippen LogP contribution in [0, 0.1) is 0 Å². The first-order chi connectivity index (χ1) is 8.47. The van der Waals surface area contributed by atoms with Gasteiger partial charge in [0.15, 0.2) is 5.54 Å². The minimum Gasteiger partial charge on any atom is -0.444 e. The van der Waals surface area contributed by atoms with Crippen molar-refractivity contribution in [2.75, 3.05) is 0 Å². The number of nitrogens with zero attached hydrogens (tertiary/aromatic N) is 1. The lowest BCUT2D eigenvalue weighted by Crippen LogP contribution is -2.55. The summed E-state index contributed by atoms with van der Waals surface area (Å²) in [5.74, 6) is -3.14. The molecule has 0 radical (unpaired) electrons. The smallest absolute Gasteiger partial charge is 0.322 e. The van der Waals surface area contributed by atoms with Crippen LogP contribution in [-0.4, -0.2) is 17.0 Å². The van der Waals surface area contributed by atoms with Gasteiger partial charge in [0.1, 0.15) is 0 Å². The van der Waals surface area contributed by atoms with Crippen molar-refractivity contribution in [1.29, 1.82) is 0 Å². The largest absolute Gasteiger partial charge is 0.444 e. The number of halogens is 3. The number of benzene rings is 1. The van der Waals surface area contributed by atoms with Crippen molar-refractivity contribution < 1.29 is 13.5 Å². The van der Waals surface area contributed by atoms with Crippen LogP contribution in [0.5, 0.6) is 0 Å². The summed E-state index contributed by atoms with van der Waals surface area (Å²) in [6.07, 6.45) is 0.813. The molecule has 96 valence electrons. The predicted octanol–water partition coefficient (Wildman–Crippen LogP) is 2.53. The molecule has 1 aromatic rings. The van der Waals surface area contributed by atoms with Gasteiger partial charge in [-0.05, 0) is 39.9 Å². The van der Waals surface area contributed by atoms with Crippen molar-refractivity contribution in [3.8, 4) is 0 Å². The van der Waals surface area contributed by atoms with E-state index in [1.165, 1.54) is 0 Å². The summed E-state index contributed by atoms with van der Waals surface area (Å²) in [5, 5.41) is -1.45. The second kappa shape index (κ2) is 3.66. The summed E-state index contributed by atoms with van der Waals surface area (Å²) in [7, 11) is 0. The van der Waals surface area contributed by atoms with Crippen LogP contribution in [0.1, 0.15) is 17.5 Å². The SMILES string of the molecule is NC1=N[C@@]2(CCc3ccccc32)C(F)(F)C(Br)O1. The zero-order chi connectivity index (χ0) is 13.0. The van der Waals surface area contributed by atoms with Crippen LogP contribution in [0.25, 0.3) is 0 Å². The van der Waals surface area contributed by atoms with Crippen LogP contribution in [0.3, 0.4) is 0 Å². The van der Waals surface area contributed by atoms with Gasteiger partial charge in [-0.15, -0.1) is 0 Å². The number of alkyl halides is 3. The number of nitrogens with two attached hydrogens (primary N) is 1. The summed E-state index contributed by atoms with van der Waals surface area (Å²) in [4.78, 5) is 3.95. The van der Waals surface area contributed by atoms with Crippen LogP contribution < -0.4 is 5.73 Å². The molecule has 2 N–H and O–H groups in total. The highest BCUT2D eigenvalue weighted by Gasteiger charge is 2.64. The molecule has 0 saturated heterocycles. The Labute approximate surface area is 111 Å². The second-order valence-electron chi connectivity index (χ2n) is 4.52. The third kappa shape index (κ3) is 1.35. The molecule has 0 amide bonds. The summed E-state index contributed by atoms with van der Waals surface area (Å²) in [5.41, 5.74) is 5.37. The minimum atomic E-state index is -3.14. The average molecular weight is 317 g/mol. The third-order valence-electron chi connectivity index (χ3n) is 3.58. The lowest BCUT2D eigenvalue weighted by molar-refractivity contribution is -0.133. The Kier molecular flexibility index (Phi) is 2.42. The Bertz CT molecular complexity index is 535. The maximum Gasteiger partial charge on any atom is 0.322 e. The van der Waals surface area contributed by atoms with Crippen molar-refractivity contribution in [2.24, 2.45) is 10.7 Å². The highest BCUT2D eigenvalue weighted by molar-refractivity contribution is 9.09. The van der Waals surface area contributed by atoms with Gasteiger partial charge in [-0.25, -0.2) is 4.99 Å². The zero-order valence-corrected chi connectivity index (χ0v) is 11.0. The molecule has 0 saturated carbocycles. The monoisotopic (exact) mass is 316 g/mol. The molecule has 1 heterocycles. The predicted molar refractivity (Wildman–Crippen MR) is 66.8 cm³/mol. The van der Waals surface area contributed by atoms with Gasteiger partial charge < -0.3 is 10.5 Å². The molecule has 1 unspecified atom stereocenters. The number of ether oxygens (including phenoxy) is 1. The Morgan fingerprint density at radius 2 is 2.11 bits per heavy atom. The molecule has 1 aliphatic carbocycles. The molecule has 2 aliphatic rings. The van der Waals surface area contributed by atoms with E-state index in [1.54, 1.807) is 12.1 Å². The van der Waals surface area contributed by atoms with Gasteiger partial charge in [-0.3, -0.25) is 0 Å². The fourth-order valence-electron chi connectivity index (χ4n) is 2.71. The van der Waals surface area contributed by atoms with Crippen LogP contribution in [0.4, 0.5) is 8.78 Å². The Balaban J connectivity index is 2.23. The molecule has 0 fully saturated rings. The first-order valence-electron chi connectivity index (χ1n) is 5.60. The van der Waals surface area contributed by atoms with Crippen LogP contribution >= 0.6 is 15.9 Å². The molecule has 1 spiro atoms. The van der Waals surface area contributed by atoms with E-state index in [9.17, 15) is 8.78 Å². The number of hydrogen-bond donors (Lipinski definition) is 1. The number of hydrogen-bond acceptors (Lipinski definition) is 3. The van der Waals surface area contributed by atoms with Gasteiger partial charge in [-0.1, -0.05) is 24.3 Å². The Hall–Kier alpha value is -1.17. The van der Waals surface area contributed by atoms with Crippen LogP contribution in [0.15, 0.2) is 29.3 Å². The van der Waals surface area contributed by atoms with E-state index in [-0.39, 0.29) is 12.4 Å². The summed E-state index contributed by atoms with van der Waals surface area (Å²) >= 11 is 2.85. The van der Waals surface area contributed by atoms with Crippen molar-refractivity contribution in [2.45, 2.75) is 29.3 Å². The van der Waals surface area contributed by atoms with E-state index in [1.807, 2.05) is 12.1 Å². The second-order valence-corrected chi connectivity index (χ2v) is 5.36. The zero-order valence-electron chi connectivity index (χ0n) is 9.37. The van der Waals surface area contributed by atoms with E-state index in [2.05, 4.69) is 20.9 Å². The lowest BCUT2D eigenvalue weighted by atomic mass is 9.85. The summed E-state index contributed by atoms with van der Waals surface area (Å²) in [6.45, 7) is 0. The molecular weight excluding hydrogens is 306 g/mol. The van der Waals surface area contributed by atoms with Gasteiger partial charge in [0, 0.05) is 0 Å². The normalized spacial score (nSPS) is 32.8. The maximum atomic E-state index is 14.5. The van der Waals surface area contributed by atoms with Crippen molar-refractivity contribution in [1.82, 2.24) is 0 Å². The summed E-state index contributed by atoms with van der Waals surface area (Å²) < 4.78 is 33.7. The van der Waals surface area contributed by atoms with Crippen molar-refractivity contribution in [3.63, 3.8) is 0 Å². The van der Waals surface area contributed by atoms with Crippen LogP contribution in [-0.2, 0) is 16.7 Å². The van der Waals surface area contributed by atoms with Crippen LogP contribution in [0.2, 0.25) is 0 Å². The molecule has 2 atom stereocenters. The standard InChI is InChI=1S/C12H11BrF2N2O/c13-9-12(14,15)11(17-10(16)18-9)6-5-7-3-1-2-4-8(7)11/h1-4,9H,5-6H2,(H2,16,17)/t9?,11-/m1/s1. The lowest BCUT2D eigenvalue weighted by Gasteiger charge is -2.40. The van der Waals surface area contributed by atoms with E-state index >= 15 is 0 Å². The minimum absolute atomic E-state index is 0.195. The first kappa shape index (κ1) is 11.9. The topological polar surface area (TPSA) is 47.6 Å². The number of fused-ring (bicyclic) bond motifs is 2. The first-order valence-corrected chi connectivity index (χ1v) is 6.51. The fraction of sp³-hybridized carbons (Fsp3) is 0.417. The highest BCUT2D eigenvalue weighted by atomic mass is 79.9.